The monoisotopic (exact) mass is 484 g/mol. The van der Waals surface area contributed by atoms with Gasteiger partial charge in [0.15, 0.2) is 6.29 Å². The van der Waals surface area contributed by atoms with Gasteiger partial charge in [-0.25, -0.2) is 9.29 Å². The van der Waals surface area contributed by atoms with Crippen molar-refractivity contribution in [2.75, 3.05) is 51.4 Å². The van der Waals surface area contributed by atoms with Crippen molar-refractivity contribution in [3.63, 3.8) is 0 Å². The highest BCUT2D eigenvalue weighted by molar-refractivity contribution is 7.97. The van der Waals surface area contributed by atoms with Crippen LogP contribution in [0, 0.1) is 0 Å². The molecule has 3 rings (SSSR count). The Morgan fingerprint density at radius 1 is 1.12 bits per heavy atom. The van der Waals surface area contributed by atoms with Gasteiger partial charge in [0, 0.05) is 48.4 Å². The third kappa shape index (κ3) is 6.18. The number of nitrogens with one attached hydrogen (secondary N) is 1. The molecule has 182 valence electrons. The summed E-state index contributed by atoms with van der Waals surface area (Å²) in [5.74, 6) is 1.16. The van der Waals surface area contributed by atoms with Gasteiger partial charge in [-0.3, -0.25) is 4.79 Å². The first kappa shape index (κ1) is 25.8. The largest absolute Gasteiger partial charge is 0.496 e. The molecule has 2 aromatic carbocycles. The van der Waals surface area contributed by atoms with Crippen LogP contribution >= 0.6 is 11.9 Å². The summed E-state index contributed by atoms with van der Waals surface area (Å²) < 4.78 is 7.49. The van der Waals surface area contributed by atoms with Crippen LogP contribution in [0.1, 0.15) is 25.2 Å². The van der Waals surface area contributed by atoms with Crippen LogP contribution in [0.5, 0.6) is 5.75 Å². The molecule has 0 radical (unpaired) electrons. The van der Waals surface area contributed by atoms with Crippen LogP contribution in [-0.4, -0.2) is 77.3 Å². The Bertz CT molecular complexity index is 1120. The number of hydrogen-bond acceptors (Lipinski definition) is 8. The van der Waals surface area contributed by atoms with E-state index in [1.54, 1.807) is 13.2 Å². The number of methoxy groups -OCH3 is 1. The van der Waals surface area contributed by atoms with E-state index in [9.17, 15) is 15.0 Å². The Morgan fingerprint density at radius 2 is 1.85 bits per heavy atom. The first-order valence-corrected chi connectivity index (χ1v) is 12.1. The van der Waals surface area contributed by atoms with Gasteiger partial charge in [0.25, 0.3) is 0 Å². The molecule has 0 aliphatic heterocycles. The molecule has 1 aromatic heterocycles. The van der Waals surface area contributed by atoms with Crippen LogP contribution in [0.3, 0.4) is 0 Å². The molecule has 9 heteroatoms. The minimum atomic E-state index is 0.0102. The van der Waals surface area contributed by atoms with Crippen molar-refractivity contribution < 1.29 is 19.7 Å². The van der Waals surface area contributed by atoms with Gasteiger partial charge in [0.1, 0.15) is 11.6 Å². The predicted molar refractivity (Wildman–Crippen MR) is 138 cm³/mol. The number of aliphatic hydroxyl groups is 2. The molecule has 0 aliphatic rings. The van der Waals surface area contributed by atoms with E-state index in [1.165, 1.54) is 11.9 Å². The van der Waals surface area contributed by atoms with E-state index in [0.717, 1.165) is 46.6 Å². The topological polar surface area (TPSA) is 102 Å². The number of allylic oxidation sites excluding steroid dienone is 1. The molecule has 34 heavy (non-hydrogen) atoms. The zero-order valence-electron chi connectivity index (χ0n) is 19.8. The Balaban J connectivity index is 1.91. The highest BCUT2D eigenvalue weighted by atomic mass is 32.2. The SMILES string of the molecule is CCN(CC)c1ccc(/C=C(\C=O)c2nc3ccc(SN(CCO)CCO)cc3[nH]2)c(OC)c1. The third-order valence-corrected chi connectivity index (χ3v) is 6.53. The van der Waals surface area contributed by atoms with Crippen molar-refractivity contribution in [3.05, 3.63) is 47.8 Å². The van der Waals surface area contributed by atoms with Crippen molar-refractivity contribution in [2.24, 2.45) is 0 Å². The maximum absolute atomic E-state index is 12.0. The molecule has 0 unspecified atom stereocenters. The maximum atomic E-state index is 12.0. The van der Waals surface area contributed by atoms with Crippen molar-refractivity contribution in [1.29, 1.82) is 0 Å². The molecule has 0 saturated heterocycles. The molecule has 0 spiro atoms. The number of imidazole rings is 1. The maximum Gasteiger partial charge on any atom is 0.153 e. The lowest BCUT2D eigenvalue weighted by molar-refractivity contribution is -0.103. The number of fused-ring (bicyclic) bond motifs is 1. The molecule has 0 bridgehead atoms. The van der Waals surface area contributed by atoms with Crippen LogP contribution in [-0.2, 0) is 4.79 Å². The summed E-state index contributed by atoms with van der Waals surface area (Å²) in [7, 11) is 1.62. The number of carbonyl (C=O) groups is 1. The van der Waals surface area contributed by atoms with Crippen LogP contribution in [0.15, 0.2) is 41.3 Å². The number of aldehydes is 1. The van der Waals surface area contributed by atoms with Crippen molar-refractivity contribution in [2.45, 2.75) is 18.7 Å². The van der Waals surface area contributed by atoms with Gasteiger partial charge in [-0.2, -0.15) is 0 Å². The van der Waals surface area contributed by atoms with E-state index in [2.05, 4.69) is 28.7 Å². The van der Waals surface area contributed by atoms with Crippen molar-refractivity contribution >= 4 is 46.6 Å². The van der Waals surface area contributed by atoms with E-state index in [0.29, 0.717) is 30.2 Å². The van der Waals surface area contributed by atoms with Crippen LogP contribution < -0.4 is 9.64 Å². The van der Waals surface area contributed by atoms with E-state index in [4.69, 9.17) is 4.74 Å². The number of rotatable bonds is 13. The van der Waals surface area contributed by atoms with Gasteiger partial charge in [-0.15, -0.1) is 0 Å². The number of ether oxygens (including phenoxy) is 1. The number of hydrogen-bond donors (Lipinski definition) is 3. The molecule has 3 aromatic rings. The minimum Gasteiger partial charge on any atom is -0.496 e. The number of carbonyl (C=O) groups excluding carboxylic acids is 1. The summed E-state index contributed by atoms with van der Waals surface area (Å²) in [6.07, 6.45) is 2.56. The van der Waals surface area contributed by atoms with Crippen molar-refractivity contribution in [3.8, 4) is 5.75 Å². The smallest absolute Gasteiger partial charge is 0.153 e. The fourth-order valence-corrected chi connectivity index (χ4v) is 4.63. The minimum absolute atomic E-state index is 0.0102. The Hall–Kier alpha value is -2.85. The van der Waals surface area contributed by atoms with E-state index < -0.39 is 0 Å². The number of aromatic amines is 1. The van der Waals surface area contributed by atoms with Gasteiger partial charge in [0.05, 0.1) is 36.9 Å². The summed E-state index contributed by atoms with van der Waals surface area (Å²) in [4.78, 5) is 23.0. The summed E-state index contributed by atoms with van der Waals surface area (Å²) in [5.41, 5.74) is 3.82. The van der Waals surface area contributed by atoms with Gasteiger partial charge < -0.3 is 24.8 Å². The van der Waals surface area contributed by atoms with Crippen molar-refractivity contribution in [1.82, 2.24) is 14.3 Å². The molecule has 8 nitrogen and oxygen atoms in total. The average Bonchev–Trinajstić information content (AvgIpc) is 3.27. The molecule has 0 atom stereocenters. The standard InChI is InChI=1S/C25H32N4O4S/c1-4-28(5-2)20-7-6-18(24(15-20)33-3)14-19(17-32)25-26-22-9-8-21(16-23(22)27-25)34-29(10-12-30)11-13-31/h6-9,14-17,30-31H,4-5,10-13H2,1-3H3,(H,26,27)/b19-14+. The molecule has 0 fully saturated rings. The second kappa shape index (κ2) is 12.6. The summed E-state index contributed by atoms with van der Waals surface area (Å²) in [5, 5.41) is 18.5. The lowest BCUT2D eigenvalue weighted by Gasteiger charge is -2.22. The number of anilines is 1. The zero-order valence-corrected chi connectivity index (χ0v) is 20.6. The van der Waals surface area contributed by atoms with Gasteiger partial charge in [0.2, 0.25) is 0 Å². The van der Waals surface area contributed by atoms with E-state index in [-0.39, 0.29) is 13.2 Å². The quantitative estimate of drug-likeness (QED) is 0.193. The number of nitrogens with zero attached hydrogens (tertiary/aromatic N) is 3. The fraction of sp³-hybridized carbons (Fsp3) is 0.360. The highest BCUT2D eigenvalue weighted by Crippen LogP contribution is 2.30. The van der Waals surface area contributed by atoms with Crippen LogP contribution in [0.2, 0.25) is 0 Å². The number of aliphatic hydroxyl groups excluding tert-OH is 2. The predicted octanol–water partition coefficient (Wildman–Crippen LogP) is 3.45. The lowest BCUT2D eigenvalue weighted by Crippen LogP contribution is -2.22. The van der Waals surface area contributed by atoms with Gasteiger partial charge in [-0.05, 0) is 62.2 Å². The zero-order chi connectivity index (χ0) is 24.5. The third-order valence-electron chi connectivity index (χ3n) is 5.44. The fourth-order valence-electron chi connectivity index (χ4n) is 3.69. The Morgan fingerprint density at radius 3 is 2.47 bits per heavy atom. The molecule has 0 saturated carbocycles. The second-order valence-electron chi connectivity index (χ2n) is 7.55. The average molecular weight is 485 g/mol. The normalized spacial score (nSPS) is 11.9. The number of H-pyrrole nitrogens is 1. The molecular formula is C25H32N4O4S. The van der Waals surface area contributed by atoms with Crippen LogP contribution in [0.4, 0.5) is 5.69 Å². The number of aromatic nitrogens is 2. The van der Waals surface area contributed by atoms with E-state index in [1.807, 2.05) is 40.7 Å². The molecule has 0 aliphatic carbocycles. The van der Waals surface area contributed by atoms with Gasteiger partial charge >= 0.3 is 0 Å². The summed E-state index contributed by atoms with van der Waals surface area (Å²) >= 11 is 1.45. The first-order chi connectivity index (χ1) is 16.6. The highest BCUT2D eigenvalue weighted by Gasteiger charge is 2.13. The lowest BCUT2D eigenvalue weighted by atomic mass is 10.1. The molecule has 1 heterocycles. The van der Waals surface area contributed by atoms with Gasteiger partial charge in [-0.1, -0.05) is 0 Å². The molecule has 3 N–H and O–H groups in total. The molecule has 0 amide bonds. The molecular weight excluding hydrogens is 452 g/mol. The summed E-state index contributed by atoms with van der Waals surface area (Å²) in [6, 6.07) is 11.7. The first-order valence-electron chi connectivity index (χ1n) is 11.3. The number of benzene rings is 2. The van der Waals surface area contributed by atoms with Crippen LogP contribution in [0.25, 0.3) is 22.7 Å². The second-order valence-corrected chi connectivity index (χ2v) is 8.72. The van der Waals surface area contributed by atoms with E-state index >= 15 is 0 Å². The Labute approximate surface area is 204 Å². The summed E-state index contributed by atoms with van der Waals surface area (Å²) in [6.45, 7) is 6.92. The Kier molecular flexibility index (Phi) is 9.52.